The van der Waals surface area contributed by atoms with Crippen molar-refractivity contribution in [3.8, 4) is 0 Å². The molecule has 0 heterocycles. The molecule has 0 aromatic heterocycles. The van der Waals surface area contributed by atoms with Crippen molar-refractivity contribution >= 4 is 25.6 Å². The number of carbonyl (C=O) groups excluding carboxylic acids is 1. The summed E-state index contributed by atoms with van der Waals surface area (Å²) in [7, 11) is -7.20. The maximum Gasteiger partial charge on any atom is 0.250 e. The molecular weight excluding hydrogens is 302 g/mol. The van der Waals surface area contributed by atoms with E-state index in [0.29, 0.717) is 12.8 Å². The molecule has 0 saturated heterocycles. The van der Waals surface area contributed by atoms with Gasteiger partial charge in [0.15, 0.2) is 19.7 Å². The van der Waals surface area contributed by atoms with Gasteiger partial charge in [-0.25, -0.2) is 16.8 Å². The van der Waals surface area contributed by atoms with Gasteiger partial charge in [0, 0.05) is 6.26 Å². The maximum absolute atomic E-state index is 12.1. The van der Waals surface area contributed by atoms with E-state index in [2.05, 4.69) is 0 Å². The van der Waals surface area contributed by atoms with Crippen LogP contribution in [0.25, 0.3) is 0 Å². The molecule has 0 aliphatic carbocycles. The van der Waals surface area contributed by atoms with Crippen molar-refractivity contribution in [3.05, 3.63) is 23.8 Å². The number of nitrogens with two attached hydrogens (primary N) is 1. The van der Waals surface area contributed by atoms with E-state index in [0.717, 1.165) is 18.4 Å². The predicted molar refractivity (Wildman–Crippen MR) is 75.0 cm³/mol. The molecule has 0 aliphatic heterocycles. The summed E-state index contributed by atoms with van der Waals surface area (Å²) in [5.74, 6) is -1.08. The molecular formula is C12H17NO5S2. The Balaban J connectivity index is 3.46. The Morgan fingerprint density at radius 3 is 2.25 bits per heavy atom. The Hall–Kier alpha value is -1.41. The summed E-state index contributed by atoms with van der Waals surface area (Å²) in [5.41, 5.74) is 4.87. The lowest BCUT2D eigenvalue weighted by atomic mass is 10.2. The molecule has 1 aromatic rings. The van der Waals surface area contributed by atoms with Crippen LogP contribution in [0.1, 0.15) is 30.1 Å². The van der Waals surface area contributed by atoms with Gasteiger partial charge in [-0.1, -0.05) is 13.3 Å². The van der Waals surface area contributed by atoms with Crippen molar-refractivity contribution < 1.29 is 21.6 Å². The van der Waals surface area contributed by atoms with E-state index >= 15 is 0 Å². The van der Waals surface area contributed by atoms with E-state index in [4.69, 9.17) is 5.73 Å². The first kappa shape index (κ1) is 16.6. The SMILES string of the molecule is CCCCS(=O)(=O)c1ccc(S(C)(=O)=O)cc1C(N)=O. The van der Waals surface area contributed by atoms with Crippen LogP contribution in [-0.2, 0) is 19.7 Å². The van der Waals surface area contributed by atoms with Crippen LogP contribution in [0.5, 0.6) is 0 Å². The standard InChI is InChI=1S/C12H17NO5S2/c1-3-4-7-20(17,18)11-6-5-9(19(2,15)16)8-10(11)12(13)14/h5-6,8H,3-4,7H2,1-2H3,(H2,13,14). The van der Waals surface area contributed by atoms with Gasteiger partial charge in [0.05, 0.1) is 21.1 Å². The molecule has 6 nitrogen and oxygen atoms in total. The molecule has 0 bridgehead atoms. The molecule has 0 spiro atoms. The normalized spacial score (nSPS) is 12.3. The number of rotatable bonds is 6. The molecule has 0 atom stereocenters. The fourth-order valence-corrected chi connectivity index (χ4v) is 3.95. The molecule has 112 valence electrons. The van der Waals surface area contributed by atoms with Crippen LogP contribution in [0.2, 0.25) is 0 Å². The van der Waals surface area contributed by atoms with Crippen LogP contribution >= 0.6 is 0 Å². The lowest BCUT2D eigenvalue weighted by Gasteiger charge is -2.09. The minimum Gasteiger partial charge on any atom is -0.366 e. The Morgan fingerprint density at radius 2 is 1.80 bits per heavy atom. The molecule has 8 heteroatoms. The second-order valence-corrected chi connectivity index (χ2v) is 8.56. The monoisotopic (exact) mass is 319 g/mol. The Morgan fingerprint density at radius 1 is 1.20 bits per heavy atom. The molecule has 2 N–H and O–H groups in total. The lowest BCUT2D eigenvalue weighted by molar-refractivity contribution is 0.0997. The fraction of sp³-hybridized carbons (Fsp3) is 0.417. The molecule has 0 fully saturated rings. The minimum absolute atomic E-state index is 0.109. The Labute approximate surface area is 118 Å². The number of amides is 1. The highest BCUT2D eigenvalue weighted by atomic mass is 32.2. The quantitative estimate of drug-likeness (QED) is 0.832. The van der Waals surface area contributed by atoms with Crippen LogP contribution in [0, 0.1) is 0 Å². The predicted octanol–water partition coefficient (Wildman–Crippen LogP) is 0.763. The van der Waals surface area contributed by atoms with Crippen molar-refractivity contribution in [2.75, 3.05) is 12.0 Å². The molecule has 0 unspecified atom stereocenters. The summed E-state index contributed by atoms with van der Waals surface area (Å²) in [6, 6.07) is 3.30. The van der Waals surface area contributed by atoms with E-state index in [1.165, 1.54) is 6.07 Å². The van der Waals surface area contributed by atoms with E-state index < -0.39 is 25.6 Å². The molecule has 0 aliphatic rings. The molecule has 1 aromatic carbocycles. The number of benzene rings is 1. The number of hydrogen-bond donors (Lipinski definition) is 1. The number of primary amides is 1. The van der Waals surface area contributed by atoms with E-state index in [1.807, 2.05) is 6.92 Å². The van der Waals surface area contributed by atoms with Crippen molar-refractivity contribution in [2.45, 2.75) is 29.6 Å². The van der Waals surface area contributed by atoms with Gasteiger partial charge in [-0.2, -0.15) is 0 Å². The van der Waals surface area contributed by atoms with Crippen LogP contribution in [0.4, 0.5) is 0 Å². The van der Waals surface area contributed by atoms with Crippen molar-refractivity contribution in [1.29, 1.82) is 0 Å². The fourth-order valence-electron chi connectivity index (χ4n) is 1.65. The van der Waals surface area contributed by atoms with Gasteiger partial charge in [0.1, 0.15) is 0 Å². The number of carbonyl (C=O) groups is 1. The third-order valence-electron chi connectivity index (χ3n) is 2.75. The first-order valence-corrected chi connectivity index (χ1v) is 9.50. The van der Waals surface area contributed by atoms with Crippen LogP contribution in [0.3, 0.4) is 0 Å². The summed E-state index contributed by atoms with van der Waals surface area (Å²) in [6.07, 6.45) is 2.11. The summed E-state index contributed by atoms with van der Waals surface area (Å²) in [4.78, 5) is 11.0. The van der Waals surface area contributed by atoms with E-state index in [9.17, 15) is 21.6 Å². The zero-order valence-corrected chi connectivity index (χ0v) is 12.9. The third-order valence-corrected chi connectivity index (χ3v) is 5.71. The molecule has 20 heavy (non-hydrogen) atoms. The van der Waals surface area contributed by atoms with Gasteiger partial charge in [-0.15, -0.1) is 0 Å². The highest BCUT2D eigenvalue weighted by Gasteiger charge is 2.23. The summed E-state index contributed by atoms with van der Waals surface area (Å²) < 4.78 is 47.1. The highest BCUT2D eigenvalue weighted by Crippen LogP contribution is 2.22. The van der Waals surface area contributed by atoms with Gasteiger partial charge in [0.25, 0.3) is 0 Å². The van der Waals surface area contributed by atoms with Gasteiger partial charge >= 0.3 is 0 Å². The summed E-state index contributed by atoms with van der Waals surface area (Å²) >= 11 is 0. The molecule has 0 radical (unpaired) electrons. The van der Waals surface area contributed by atoms with E-state index in [1.54, 1.807) is 0 Å². The second-order valence-electron chi connectivity index (χ2n) is 4.47. The number of unbranched alkanes of at least 4 members (excludes halogenated alkanes) is 1. The van der Waals surface area contributed by atoms with Gasteiger partial charge in [0.2, 0.25) is 5.91 Å². The van der Waals surface area contributed by atoms with Gasteiger partial charge in [-0.05, 0) is 24.6 Å². The number of sulfone groups is 2. The highest BCUT2D eigenvalue weighted by molar-refractivity contribution is 7.91. The minimum atomic E-state index is -3.66. The largest absolute Gasteiger partial charge is 0.366 e. The average Bonchev–Trinajstić information content (AvgIpc) is 2.34. The second kappa shape index (κ2) is 5.92. The van der Waals surface area contributed by atoms with Gasteiger partial charge < -0.3 is 5.73 Å². The first-order chi connectivity index (χ1) is 9.09. The summed E-state index contributed by atoms with van der Waals surface area (Å²) in [6.45, 7) is 1.84. The Bertz CT molecular complexity index is 720. The van der Waals surface area contributed by atoms with Crippen molar-refractivity contribution in [3.63, 3.8) is 0 Å². The first-order valence-electron chi connectivity index (χ1n) is 5.96. The number of hydrogen-bond acceptors (Lipinski definition) is 5. The van der Waals surface area contributed by atoms with Crippen molar-refractivity contribution in [1.82, 2.24) is 0 Å². The average molecular weight is 319 g/mol. The van der Waals surface area contributed by atoms with Crippen LogP contribution in [0.15, 0.2) is 28.0 Å². The van der Waals surface area contributed by atoms with Crippen molar-refractivity contribution in [2.24, 2.45) is 5.73 Å². The van der Waals surface area contributed by atoms with Crippen LogP contribution < -0.4 is 5.73 Å². The smallest absolute Gasteiger partial charge is 0.250 e. The van der Waals surface area contributed by atoms with E-state index in [-0.39, 0.29) is 21.1 Å². The van der Waals surface area contributed by atoms with Crippen LogP contribution in [-0.4, -0.2) is 34.8 Å². The molecule has 1 rings (SSSR count). The zero-order chi connectivity index (χ0) is 15.6. The lowest BCUT2D eigenvalue weighted by Crippen LogP contribution is -2.18. The summed E-state index contributed by atoms with van der Waals surface area (Å²) in [5, 5.41) is 0. The zero-order valence-electron chi connectivity index (χ0n) is 11.3. The molecule has 1 amide bonds. The molecule has 0 saturated carbocycles. The maximum atomic E-state index is 12.1. The topological polar surface area (TPSA) is 111 Å². The van der Waals surface area contributed by atoms with Gasteiger partial charge in [-0.3, -0.25) is 4.79 Å². The Kier molecular flexibility index (Phi) is 4.93. The third kappa shape index (κ3) is 3.80.